The van der Waals surface area contributed by atoms with Gasteiger partial charge in [0.2, 0.25) is 0 Å². The number of amidine groups is 1. The smallest absolute Gasteiger partial charge is 0.267 e. The standard InChI is InChI=1S/C24H21BrN4O3S/c1-28(2)19-8-5-16(6-9-19)12-22-23(31)29(15-20-4-3-11-32-20)24(33-22)27-26-14-17-13-18(25)7-10-21(17)30/h3-14,30H,15H2,1-2H3/b22-12-,26-14-,27-24+. The fourth-order valence-corrected chi connectivity index (χ4v) is 4.38. The Kier molecular flexibility index (Phi) is 7.00. The monoisotopic (exact) mass is 524 g/mol. The van der Waals surface area contributed by atoms with Gasteiger partial charge in [0.05, 0.1) is 23.9 Å². The van der Waals surface area contributed by atoms with Gasteiger partial charge in [-0.1, -0.05) is 28.1 Å². The fourth-order valence-electron chi connectivity index (χ4n) is 3.07. The van der Waals surface area contributed by atoms with Crippen LogP contribution in [0.2, 0.25) is 0 Å². The number of carbonyl (C=O) groups excluding carboxylic acids is 1. The number of hydrogen-bond donors (Lipinski definition) is 1. The summed E-state index contributed by atoms with van der Waals surface area (Å²) >= 11 is 4.62. The van der Waals surface area contributed by atoms with Crippen LogP contribution in [0.15, 0.2) is 84.9 Å². The third-order valence-corrected chi connectivity index (χ3v) is 6.31. The van der Waals surface area contributed by atoms with Gasteiger partial charge in [-0.15, -0.1) is 5.10 Å². The number of hydrogen-bond acceptors (Lipinski definition) is 7. The molecular weight excluding hydrogens is 504 g/mol. The number of aromatic hydroxyl groups is 1. The van der Waals surface area contributed by atoms with E-state index in [1.807, 2.05) is 49.3 Å². The number of furan rings is 1. The molecule has 168 valence electrons. The molecule has 1 aromatic heterocycles. The molecule has 1 aliphatic heterocycles. The normalized spacial score (nSPS) is 16.5. The molecule has 0 atom stereocenters. The molecule has 0 bridgehead atoms. The van der Waals surface area contributed by atoms with Crippen LogP contribution in [0.4, 0.5) is 5.69 Å². The predicted molar refractivity (Wildman–Crippen MR) is 136 cm³/mol. The third-order valence-electron chi connectivity index (χ3n) is 4.82. The predicted octanol–water partition coefficient (Wildman–Crippen LogP) is 5.32. The molecule has 0 unspecified atom stereocenters. The summed E-state index contributed by atoms with van der Waals surface area (Å²) in [6.07, 6.45) is 4.86. The molecule has 1 fully saturated rings. The maximum absolute atomic E-state index is 13.2. The van der Waals surface area contributed by atoms with Gasteiger partial charge in [0, 0.05) is 29.8 Å². The largest absolute Gasteiger partial charge is 0.507 e. The van der Waals surface area contributed by atoms with Crippen molar-refractivity contribution < 1.29 is 14.3 Å². The van der Waals surface area contributed by atoms with Crippen LogP contribution >= 0.6 is 27.7 Å². The summed E-state index contributed by atoms with van der Waals surface area (Å²) in [7, 11) is 3.96. The number of anilines is 1. The van der Waals surface area contributed by atoms with Crippen molar-refractivity contribution in [3.05, 3.63) is 87.1 Å². The first-order valence-corrected chi connectivity index (χ1v) is 11.6. The van der Waals surface area contributed by atoms with Crippen LogP contribution in [-0.2, 0) is 11.3 Å². The number of halogens is 1. The summed E-state index contributed by atoms with van der Waals surface area (Å²) in [6.45, 7) is 0.242. The summed E-state index contributed by atoms with van der Waals surface area (Å²) < 4.78 is 6.23. The van der Waals surface area contributed by atoms with Crippen LogP contribution in [0.25, 0.3) is 6.08 Å². The molecule has 2 aromatic carbocycles. The van der Waals surface area contributed by atoms with E-state index < -0.39 is 0 Å². The molecule has 1 amide bonds. The van der Waals surface area contributed by atoms with Crippen molar-refractivity contribution in [2.24, 2.45) is 10.2 Å². The minimum Gasteiger partial charge on any atom is -0.507 e. The van der Waals surface area contributed by atoms with Crippen LogP contribution in [0.5, 0.6) is 5.75 Å². The topological polar surface area (TPSA) is 81.6 Å². The molecule has 0 radical (unpaired) electrons. The van der Waals surface area contributed by atoms with Crippen molar-refractivity contribution in [1.29, 1.82) is 0 Å². The highest BCUT2D eigenvalue weighted by Crippen LogP contribution is 2.34. The van der Waals surface area contributed by atoms with Gasteiger partial charge in [0.1, 0.15) is 11.5 Å². The van der Waals surface area contributed by atoms with E-state index in [-0.39, 0.29) is 18.2 Å². The molecule has 4 rings (SSSR count). The zero-order valence-electron chi connectivity index (χ0n) is 18.0. The van der Waals surface area contributed by atoms with Crippen molar-refractivity contribution >= 4 is 56.7 Å². The van der Waals surface area contributed by atoms with E-state index in [0.29, 0.717) is 21.4 Å². The van der Waals surface area contributed by atoms with Crippen molar-refractivity contribution in [2.75, 3.05) is 19.0 Å². The van der Waals surface area contributed by atoms with Crippen LogP contribution in [0, 0.1) is 0 Å². The third kappa shape index (κ3) is 5.55. The molecule has 2 heterocycles. The number of phenolic OH excluding ortho intramolecular Hbond substituents is 1. The molecule has 0 saturated carbocycles. The number of rotatable bonds is 6. The number of benzene rings is 2. The second-order valence-electron chi connectivity index (χ2n) is 7.40. The lowest BCUT2D eigenvalue weighted by Crippen LogP contribution is -2.28. The van der Waals surface area contributed by atoms with E-state index >= 15 is 0 Å². The van der Waals surface area contributed by atoms with Crippen molar-refractivity contribution in [3.63, 3.8) is 0 Å². The highest BCUT2D eigenvalue weighted by Gasteiger charge is 2.34. The highest BCUT2D eigenvalue weighted by atomic mass is 79.9. The highest BCUT2D eigenvalue weighted by molar-refractivity contribution is 9.10. The Bertz CT molecular complexity index is 1240. The average molecular weight is 525 g/mol. The van der Waals surface area contributed by atoms with Gasteiger partial charge in [-0.05, 0) is 65.9 Å². The van der Waals surface area contributed by atoms with E-state index in [4.69, 9.17) is 4.42 Å². The lowest BCUT2D eigenvalue weighted by atomic mass is 10.2. The van der Waals surface area contributed by atoms with Crippen LogP contribution in [-0.4, -0.2) is 41.4 Å². The molecule has 0 spiro atoms. The van der Waals surface area contributed by atoms with Gasteiger partial charge in [0.25, 0.3) is 5.91 Å². The summed E-state index contributed by atoms with van der Waals surface area (Å²) in [5.41, 5.74) is 2.50. The Morgan fingerprint density at radius 1 is 1.18 bits per heavy atom. The molecule has 1 aliphatic rings. The van der Waals surface area contributed by atoms with E-state index in [9.17, 15) is 9.90 Å². The minimum atomic E-state index is -0.174. The first kappa shape index (κ1) is 22.9. The minimum absolute atomic E-state index is 0.0894. The Morgan fingerprint density at radius 2 is 1.97 bits per heavy atom. The van der Waals surface area contributed by atoms with Crippen LogP contribution in [0.1, 0.15) is 16.9 Å². The molecule has 1 N–H and O–H groups in total. The maximum Gasteiger partial charge on any atom is 0.267 e. The van der Waals surface area contributed by atoms with Gasteiger partial charge in [0.15, 0.2) is 5.17 Å². The molecule has 33 heavy (non-hydrogen) atoms. The Morgan fingerprint density at radius 3 is 2.67 bits per heavy atom. The van der Waals surface area contributed by atoms with Gasteiger partial charge in [-0.2, -0.15) is 5.10 Å². The first-order valence-electron chi connectivity index (χ1n) is 10.0. The molecule has 9 heteroatoms. The van der Waals surface area contributed by atoms with Gasteiger partial charge < -0.3 is 14.4 Å². The molecule has 1 saturated heterocycles. The fraction of sp³-hybridized carbons (Fsp3) is 0.125. The van der Waals surface area contributed by atoms with E-state index in [0.717, 1.165) is 15.7 Å². The number of carbonyl (C=O) groups is 1. The van der Waals surface area contributed by atoms with Crippen LogP contribution in [0.3, 0.4) is 0 Å². The van der Waals surface area contributed by atoms with E-state index in [1.54, 1.807) is 36.6 Å². The SMILES string of the molecule is CN(C)c1ccc(/C=C2\S/C(=N/N=C\c3cc(Br)ccc3O)N(Cc3ccco3)C2=O)cc1. The summed E-state index contributed by atoms with van der Waals surface area (Å²) in [5.74, 6) is 0.556. The summed E-state index contributed by atoms with van der Waals surface area (Å²) in [4.78, 5) is 17.2. The summed E-state index contributed by atoms with van der Waals surface area (Å²) in [5, 5.41) is 18.8. The van der Waals surface area contributed by atoms with E-state index in [2.05, 4.69) is 26.1 Å². The van der Waals surface area contributed by atoms with Crippen molar-refractivity contribution in [1.82, 2.24) is 4.90 Å². The number of phenols is 1. The maximum atomic E-state index is 13.2. The Labute approximate surface area is 204 Å². The number of amides is 1. The number of nitrogens with zero attached hydrogens (tertiary/aromatic N) is 4. The quantitative estimate of drug-likeness (QED) is 0.268. The lowest BCUT2D eigenvalue weighted by molar-refractivity contribution is -0.122. The lowest BCUT2D eigenvalue weighted by Gasteiger charge is -2.12. The number of thioether (sulfide) groups is 1. The zero-order chi connectivity index (χ0) is 23.4. The van der Waals surface area contributed by atoms with Crippen molar-refractivity contribution in [2.45, 2.75) is 6.54 Å². The molecule has 0 aliphatic carbocycles. The summed E-state index contributed by atoms with van der Waals surface area (Å²) in [6, 6.07) is 16.6. The van der Waals surface area contributed by atoms with Gasteiger partial charge >= 0.3 is 0 Å². The van der Waals surface area contributed by atoms with Crippen LogP contribution < -0.4 is 4.90 Å². The average Bonchev–Trinajstić information content (AvgIpc) is 3.41. The van der Waals surface area contributed by atoms with Gasteiger partial charge in [-0.3, -0.25) is 9.69 Å². The van der Waals surface area contributed by atoms with Gasteiger partial charge in [-0.25, -0.2) is 0 Å². The van der Waals surface area contributed by atoms with E-state index in [1.165, 1.54) is 22.9 Å². The zero-order valence-corrected chi connectivity index (χ0v) is 20.4. The second kappa shape index (κ2) is 10.1. The van der Waals surface area contributed by atoms with Crippen molar-refractivity contribution in [3.8, 4) is 5.75 Å². The Hall–Kier alpha value is -3.30. The second-order valence-corrected chi connectivity index (χ2v) is 9.32. The molecule has 3 aromatic rings. The Balaban J connectivity index is 1.62. The molecular formula is C24H21BrN4O3S. The molecule has 7 nitrogen and oxygen atoms in total. The first-order chi connectivity index (χ1) is 15.9.